The van der Waals surface area contributed by atoms with Crippen molar-refractivity contribution in [1.82, 2.24) is 0 Å². The third-order valence-electron chi connectivity index (χ3n) is 3.87. The van der Waals surface area contributed by atoms with E-state index in [0.29, 0.717) is 6.61 Å². The van der Waals surface area contributed by atoms with E-state index in [4.69, 9.17) is 9.47 Å². The molecule has 5 heteroatoms. The third kappa shape index (κ3) is 3.61. The van der Waals surface area contributed by atoms with Gasteiger partial charge in [0.25, 0.3) is 0 Å². The molecule has 0 N–H and O–H groups in total. The van der Waals surface area contributed by atoms with Crippen molar-refractivity contribution in [1.29, 1.82) is 0 Å². The first kappa shape index (κ1) is 14.1. The van der Waals surface area contributed by atoms with Crippen molar-refractivity contribution in [3.05, 3.63) is 29.8 Å². The minimum atomic E-state index is -0.449. The zero-order chi connectivity index (χ0) is 14.7. The van der Waals surface area contributed by atoms with Gasteiger partial charge in [-0.2, -0.15) is 0 Å². The number of benzene rings is 1. The summed E-state index contributed by atoms with van der Waals surface area (Å²) in [5.74, 6) is -0.213. The van der Waals surface area contributed by atoms with Crippen LogP contribution in [0.4, 0.5) is 0 Å². The summed E-state index contributed by atoms with van der Waals surface area (Å²) >= 11 is 0. The van der Waals surface area contributed by atoms with Gasteiger partial charge in [0.15, 0.2) is 0 Å². The number of hydrogen-bond donors (Lipinski definition) is 0. The van der Waals surface area contributed by atoms with E-state index in [1.807, 2.05) is 24.3 Å². The number of ether oxygens (including phenoxy) is 3. The first-order valence-corrected chi connectivity index (χ1v) is 7.28. The van der Waals surface area contributed by atoms with Crippen LogP contribution in [0.15, 0.2) is 24.3 Å². The van der Waals surface area contributed by atoms with Gasteiger partial charge in [0.1, 0.15) is 12.4 Å². The highest BCUT2D eigenvalue weighted by Crippen LogP contribution is 2.29. The van der Waals surface area contributed by atoms with E-state index in [1.165, 1.54) is 0 Å². The molecule has 2 fully saturated rings. The van der Waals surface area contributed by atoms with Gasteiger partial charge in [0.2, 0.25) is 0 Å². The van der Waals surface area contributed by atoms with Crippen molar-refractivity contribution in [2.75, 3.05) is 13.2 Å². The predicted octanol–water partition coefficient (Wildman–Crippen LogP) is 2.19. The Morgan fingerprint density at radius 1 is 1.10 bits per heavy atom. The van der Waals surface area contributed by atoms with Crippen molar-refractivity contribution in [3.63, 3.8) is 0 Å². The number of cyclic esters (lactones) is 2. The highest BCUT2D eigenvalue weighted by atomic mass is 16.6. The van der Waals surface area contributed by atoms with Gasteiger partial charge in [-0.15, -0.1) is 0 Å². The molecular formula is C16H18O5. The summed E-state index contributed by atoms with van der Waals surface area (Å²) in [6.45, 7) is 1.38. The van der Waals surface area contributed by atoms with Crippen LogP contribution < -0.4 is 4.74 Å². The molecule has 1 aromatic rings. The minimum absolute atomic E-state index is 0.0917. The van der Waals surface area contributed by atoms with Crippen LogP contribution in [0.25, 0.3) is 0 Å². The first-order valence-electron chi connectivity index (χ1n) is 7.28. The molecule has 112 valence electrons. The van der Waals surface area contributed by atoms with Gasteiger partial charge >= 0.3 is 11.9 Å². The fourth-order valence-electron chi connectivity index (χ4n) is 2.72. The maximum Gasteiger partial charge on any atom is 0.314 e. The van der Waals surface area contributed by atoms with E-state index in [9.17, 15) is 9.59 Å². The fourth-order valence-corrected chi connectivity index (χ4v) is 2.72. The Morgan fingerprint density at radius 3 is 2.43 bits per heavy atom. The van der Waals surface area contributed by atoms with Crippen LogP contribution in [0.2, 0.25) is 0 Å². The minimum Gasteiger partial charge on any atom is -0.491 e. The Labute approximate surface area is 123 Å². The summed E-state index contributed by atoms with van der Waals surface area (Å²) in [5, 5.41) is 0. The summed E-state index contributed by atoms with van der Waals surface area (Å²) in [5.41, 5.74) is 0.962. The summed E-state index contributed by atoms with van der Waals surface area (Å²) in [6.07, 6.45) is 2.84. The molecule has 0 bridgehead atoms. The summed E-state index contributed by atoms with van der Waals surface area (Å²) in [6, 6.07) is 7.55. The zero-order valence-corrected chi connectivity index (χ0v) is 11.7. The second-order valence-corrected chi connectivity index (χ2v) is 5.47. The standard InChI is InChI=1S/C16H18O5/c17-15-8-12(9-16(18)21-15)11-3-5-13(6-4-11)20-10-14-2-1-7-19-14/h3-6,12,14H,1-2,7-10H2/t14-/m1/s1. The lowest BCUT2D eigenvalue weighted by atomic mass is 9.91. The Morgan fingerprint density at radius 2 is 1.81 bits per heavy atom. The lowest BCUT2D eigenvalue weighted by Gasteiger charge is -2.20. The molecule has 0 aliphatic carbocycles. The Bertz CT molecular complexity index is 500. The topological polar surface area (TPSA) is 61.8 Å². The van der Waals surface area contributed by atoms with Gasteiger partial charge in [-0.05, 0) is 30.5 Å². The fraction of sp³-hybridized carbons (Fsp3) is 0.500. The number of rotatable bonds is 4. The normalized spacial score (nSPS) is 23.1. The van der Waals surface area contributed by atoms with E-state index < -0.39 is 11.9 Å². The molecule has 3 rings (SSSR count). The van der Waals surface area contributed by atoms with Gasteiger partial charge < -0.3 is 14.2 Å². The van der Waals surface area contributed by atoms with E-state index in [0.717, 1.165) is 30.8 Å². The van der Waals surface area contributed by atoms with E-state index >= 15 is 0 Å². The van der Waals surface area contributed by atoms with Crippen LogP contribution in [0.1, 0.15) is 37.2 Å². The molecule has 1 atom stereocenters. The van der Waals surface area contributed by atoms with Crippen molar-refractivity contribution >= 4 is 11.9 Å². The quantitative estimate of drug-likeness (QED) is 0.628. The Hall–Kier alpha value is -1.88. The van der Waals surface area contributed by atoms with Crippen molar-refractivity contribution < 1.29 is 23.8 Å². The van der Waals surface area contributed by atoms with Gasteiger partial charge in [0, 0.05) is 12.5 Å². The Kier molecular flexibility index (Phi) is 4.20. The maximum atomic E-state index is 11.3. The second-order valence-electron chi connectivity index (χ2n) is 5.47. The summed E-state index contributed by atoms with van der Waals surface area (Å²) < 4.78 is 15.7. The smallest absolute Gasteiger partial charge is 0.314 e. The van der Waals surface area contributed by atoms with Gasteiger partial charge in [-0.25, -0.2) is 0 Å². The van der Waals surface area contributed by atoms with Gasteiger partial charge in [0.05, 0.1) is 18.9 Å². The average molecular weight is 290 g/mol. The van der Waals surface area contributed by atoms with Gasteiger partial charge in [-0.3, -0.25) is 9.59 Å². The molecule has 2 aliphatic rings. The molecule has 0 saturated carbocycles. The van der Waals surface area contributed by atoms with Crippen molar-refractivity contribution in [2.45, 2.75) is 37.7 Å². The molecule has 5 nitrogen and oxygen atoms in total. The molecule has 21 heavy (non-hydrogen) atoms. The molecular weight excluding hydrogens is 272 g/mol. The molecule has 2 heterocycles. The van der Waals surface area contributed by atoms with Crippen LogP contribution >= 0.6 is 0 Å². The van der Waals surface area contributed by atoms with E-state index in [2.05, 4.69) is 4.74 Å². The molecule has 2 saturated heterocycles. The highest BCUT2D eigenvalue weighted by Gasteiger charge is 2.28. The lowest BCUT2D eigenvalue weighted by Crippen LogP contribution is -2.24. The molecule has 2 aliphatic heterocycles. The van der Waals surface area contributed by atoms with Crippen LogP contribution in [0, 0.1) is 0 Å². The van der Waals surface area contributed by atoms with Gasteiger partial charge in [-0.1, -0.05) is 12.1 Å². The largest absolute Gasteiger partial charge is 0.491 e. The van der Waals surface area contributed by atoms with E-state index in [1.54, 1.807) is 0 Å². The number of esters is 2. The highest BCUT2D eigenvalue weighted by molar-refractivity contribution is 5.89. The molecule has 0 unspecified atom stereocenters. The SMILES string of the molecule is O=C1CC(c2ccc(OC[C@H]3CCCO3)cc2)CC(=O)O1. The summed E-state index contributed by atoms with van der Waals surface area (Å²) in [4.78, 5) is 22.6. The molecule has 0 amide bonds. The average Bonchev–Trinajstić information content (AvgIpc) is 2.98. The molecule has 1 aromatic carbocycles. The first-order chi connectivity index (χ1) is 10.2. The van der Waals surface area contributed by atoms with Crippen LogP contribution in [-0.4, -0.2) is 31.3 Å². The van der Waals surface area contributed by atoms with Crippen LogP contribution in [-0.2, 0) is 19.1 Å². The second kappa shape index (κ2) is 6.26. The summed E-state index contributed by atoms with van der Waals surface area (Å²) in [7, 11) is 0. The van der Waals surface area contributed by atoms with Crippen LogP contribution in [0.3, 0.4) is 0 Å². The van der Waals surface area contributed by atoms with Crippen molar-refractivity contribution in [2.24, 2.45) is 0 Å². The number of carbonyl (C=O) groups is 2. The zero-order valence-electron chi connectivity index (χ0n) is 11.7. The van der Waals surface area contributed by atoms with Crippen molar-refractivity contribution in [3.8, 4) is 5.75 Å². The van der Waals surface area contributed by atoms with E-state index in [-0.39, 0.29) is 24.9 Å². The third-order valence-corrected chi connectivity index (χ3v) is 3.87. The molecule has 0 radical (unpaired) electrons. The Balaban J connectivity index is 1.58. The monoisotopic (exact) mass is 290 g/mol. The van der Waals surface area contributed by atoms with Crippen LogP contribution in [0.5, 0.6) is 5.75 Å². The molecule has 0 aromatic heterocycles. The number of hydrogen-bond acceptors (Lipinski definition) is 5. The molecule has 0 spiro atoms. The number of carbonyl (C=O) groups excluding carboxylic acids is 2. The lowest BCUT2D eigenvalue weighted by molar-refractivity contribution is -0.163. The maximum absolute atomic E-state index is 11.3. The predicted molar refractivity (Wildman–Crippen MR) is 74.0 cm³/mol.